The SMILES string of the molecule is CNC1CCNC(NC2CNC(OC)C(OCC(C)(O)CN3CCC3)C2)N1. The molecule has 158 valence electrons. The van der Waals surface area contributed by atoms with Crippen LogP contribution < -0.4 is 26.6 Å². The lowest BCUT2D eigenvalue weighted by Crippen LogP contribution is -2.68. The molecule has 6 atom stereocenters. The van der Waals surface area contributed by atoms with Crippen molar-refractivity contribution >= 4 is 0 Å². The third-order valence-electron chi connectivity index (χ3n) is 5.70. The fraction of sp³-hybridized carbons (Fsp3) is 1.00. The Morgan fingerprint density at radius 3 is 2.78 bits per heavy atom. The molecule has 0 saturated carbocycles. The maximum Gasteiger partial charge on any atom is 0.134 e. The van der Waals surface area contributed by atoms with Gasteiger partial charge in [-0.25, -0.2) is 0 Å². The molecule has 6 N–H and O–H groups in total. The normalized spacial score (nSPS) is 37.6. The van der Waals surface area contributed by atoms with Crippen molar-refractivity contribution in [3.05, 3.63) is 0 Å². The van der Waals surface area contributed by atoms with E-state index in [0.717, 1.165) is 39.0 Å². The number of methoxy groups -OCH3 is 1. The molecule has 0 spiro atoms. The third-order valence-corrected chi connectivity index (χ3v) is 5.70. The number of hydrogen-bond donors (Lipinski definition) is 6. The molecule has 3 aliphatic rings. The van der Waals surface area contributed by atoms with Crippen LogP contribution in [0.4, 0.5) is 0 Å². The summed E-state index contributed by atoms with van der Waals surface area (Å²) >= 11 is 0. The van der Waals surface area contributed by atoms with E-state index in [0.29, 0.717) is 19.3 Å². The Kier molecular flexibility index (Phi) is 7.83. The molecule has 0 aromatic rings. The lowest BCUT2D eigenvalue weighted by molar-refractivity contribution is -0.137. The van der Waals surface area contributed by atoms with Gasteiger partial charge in [0, 0.05) is 32.8 Å². The third kappa shape index (κ3) is 6.31. The highest BCUT2D eigenvalue weighted by molar-refractivity contribution is 4.89. The van der Waals surface area contributed by atoms with E-state index in [-0.39, 0.29) is 24.7 Å². The number of piperidine rings is 1. The van der Waals surface area contributed by atoms with Gasteiger partial charge >= 0.3 is 0 Å². The van der Waals surface area contributed by atoms with Gasteiger partial charge in [-0.2, -0.15) is 0 Å². The maximum absolute atomic E-state index is 10.7. The number of aliphatic hydroxyl groups is 1. The molecular weight excluding hydrogens is 348 g/mol. The predicted octanol–water partition coefficient (Wildman–Crippen LogP) is -1.84. The molecule has 0 bridgehead atoms. The zero-order valence-corrected chi connectivity index (χ0v) is 17.0. The van der Waals surface area contributed by atoms with Crippen molar-refractivity contribution in [2.45, 2.75) is 62.6 Å². The van der Waals surface area contributed by atoms with Crippen LogP contribution in [0.15, 0.2) is 0 Å². The van der Waals surface area contributed by atoms with Crippen LogP contribution in [0.25, 0.3) is 0 Å². The molecular formula is C18H38N6O3. The first-order valence-corrected chi connectivity index (χ1v) is 10.2. The zero-order valence-electron chi connectivity index (χ0n) is 17.0. The summed E-state index contributed by atoms with van der Waals surface area (Å²) in [6.07, 6.45) is 3.23. The molecule has 0 aromatic carbocycles. The number of ether oxygens (including phenoxy) is 2. The lowest BCUT2D eigenvalue weighted by Gasteiger charge is -2.41. The van der Waals surface area contributed by atoms with Crippen LogP contribution in [0, 0.1) is 0 Å². The Labute approximate surface area is 162 Å². The van der Waals surface area contributed by atoms with Crippen LogP contribution in [-0.4, -0.2) is 99.9 Å². The van der Waals surface area contributed by atoms with Crippen LogP contribution in [0.2, 0.25) is 0 Å². The van der Waals surface area contributed by atoms with Crippen molar-refractivity contribution in [1.82, 2.24) is 31.5 Å². The van der Waals surface area contributed by atoms with Gasteiger partial charge in [0.15, 0.2) is 0 Å². The average Bonchev–Trinajstić information content (AvgIpc) is 2.64. The molecule has 3 saturated heterocycles. The van der Waals surface area contributed by atoms with E-state index in [2.05, 4.69) is 31.5 Å². The first kappa shape index (κ1) is 21.4. The quantitative estimate of drug-likeness (QED) is 0.273. The van der Waals surface area contributed by atoms with Crippen LogP contribution in [0.5, 0.6) is 0 Å². The van der Waals surface area contributed by atoms with E-state index >= 15 is 0 Å². The Bertz CT molecular complexity index is 451. The molecule has 9 nitrogen and oxygen atoms in total. The van der Waals surface area contributed by atoms with E-state index in [9.17, 15) is 5.11 Å². The van der Waals surface area contributed by atoms with Gasteiger partial charge in [-0.15, -0.1) is 0 Å². The van der Waals surface area contributed by atoms with E-state index in [1.165, 1.54) is 6.42 Å². The second kappa shape index (κ2) is 9.91. The summed E-state index contributed by atoms with van der Waals surface area (Å²) in [7, 11) is 3.67. The van der Waals surface area contributed by atoms with E-state index in [1.54, 1.807) is 7.11 Å². The molecule has 3 rings (SSSR count). The highest BCUT2D eigenvalue weighted by atomic mass is 16.5. The zero-order chi connectivity index (χ0) is 19.3. The highest BCUT2D eigenvalue weighted by Crippen LogP contribution is 2.19. The minimum atomic E-state index is -0.842. The lowest BCUT2D eigenvalue weighted by atomic mass is 10.0. The largest absolute Gasteiger partial charge is 0.386 e. The Hall–Kier alpha value is -0.360. The second-order valence-corrected chi connectivity index (χ2v) is 8.32. The van der Waals surface area contributed by atoms with Gasteiger partial charge in [0.1, 0.15) is 12.5 Å². The Balaban J connectivity index is 1.47. The molecule has 9 heteroatoms. The summed E-state index contributed by atoms with van der Waals surface area (Å²) in [5.74, 6) is 0. The monoisotopic (exact) mass is 386 g/mol. The van der Waals surface area contributed by atoms with Crippen LogP contribution in [0.1, 0.15) is 26.2 Å². The minimum Gasteiger partial charge on any atom is -0.386 e. The molecule has 0 aromatic heterocycles. The fourth-order valence-corrected chi connectivity index (χ4v) is 4.03. The Morgan fingerprint density at radius 2 is 2.11 bits per heavy atom. The summed E-state index contributed by atoms with van der Waals surface area (Å²) in [5.41, 5.74) is -0.842. The maximum atomic E-state index is 10.7. The number of rotatable bonds is 9. The van der Waals surface area contributed by atoms with Gasteiger partial charge in [-0.1, -0.05) is 0 Å². The fourth-order valence-electron chi connectivity index (χ4n) is 4.03. The Morgan fingerprint density at radius 1 is 1.30 bits per heavy atom. The number of β-amino-alcohol motifs (C(OH)–C–C–N with tert-alkyl or cyclic N) is 1. The molecule has 0 aliphatic carbocycles. The van der Waals surface area contributed by atoms with Crippen molar-refractivity contribution in [3.63, 3.8) is 0 Å². The van der Waals surface area contributed by atoms with Gasteiger partial charge in [0.05, 0.1) is 24.5 Å². The van der Waals surface area contributed by atoms with Crippen LogP contribution in [-0.2, 0) is 9.47 Å². The molecule has 0 amide bonds. The minimum absolute atomic E-state index is 0.0669. The van der Waals surface area contributed by atoms with Gasteiger partial charge < -0.3 is 24.8 Å². The number of nitrogens with one attached hydrogen (secondary N) is 5. The van der Waals surface area contributed by atoms with Gasteiger partial charge in [-0.05, 0) is 46.3 Å². The van der Waals surface area contributed by atoms with E-state index < -0.39 is 5.60 Å². The summed E-state index contributed by atoms with van der Waals surface area (Å²) < 4.78 is 11.7. The summed E-state index contributed by atoms with van der Waals surface area (Å²) in [4.78, 5) is 2.26. The smallest absolute Gasteiger partial charge is 0.134 e. The van der Waals surface area contributed by atoms with Crippen molar-refractivity contribution < 1.29 is 14.6 Å². The molecule has 6 unspecified atom stereocenters. The number of nitrogens with zero attached hydrogens (tertiary/aromatic N) is 1. The van der Waals surface area contributed by atoms with Crippen LogP contribution >= 0.6 is 0 Å². The standard InChI is InChI=1S/C18H38N6O3/c1-18(25,11-24-7-4-8-24)12-27-14-9-13(10-21-16(14)26-3)22-17-20-6-5-15(19-2)23-17/h13-17,19-23,25H,4-12H2,1-3H3. The number of hydrogen-bond acceptors (Lipinski definition) is 9. The predicted molar refractivity (Wildman–Crippen MR) is 104 cm³/mol. The highest BCUT2D eigenvalue weighted by Gasteiger charge is 2.35. The number of likely N-dealkylation sites (tertiary alicyclic amines) is 1. The van der Waals surface area contributed by atoms with Crippen molar-refractivity contribution in [2.75, 3.05) is 53.5 Å². The van der Waals surface area contributed by atoms with Gasteiger partial charge in [0.2, 0.25) is 0 Å². The molecule has 27 heavy (non-hydrogen) atoms. The first-order chi connectivity index (χ1) is 13.0. The van der Waals surface area contributed by atoms with Gasteiger partial charge in [-0.3, -0.25) is 21.3 Å². The molecule has 0 radical (unpaired) electrons. The topological polar surface area (TPSA) is 102 Å². The van der Waals surface area contributed by atoms with E-state index in [1.807, 2.05) is 14.0 Å². The van der Waals surface area contributed by atoms with E-state index in [4.69, 9.17) is 9.47 Å². The molecule has 3 aliphatic heterocycles. The van der Waals surface area contributed by atoms with Crippen molar-refractivity contribution in [1.29, 1.82) is 0 Å². The first-order valence-electron chi connectivity index (χ1n) is 10.2. The van der Waals surface area contributed by atoms with Crippen LogP contribution in [0.3, 0.4) is 0 Å². The summed E-state index contributed by atoms with van der Waals surface area (Å²) in [6, 6.07) is 0.252. The van der Waals surface area contributed by atoms with Crippen molar-refractivity contribution in [2.24, 2.45) is 0 Å². The van der Waals surface area contributed by atoms with Crippen molar-refractivity contribution in [3.8, 4) is 0 Å². The summed E-state index contributed by atoms with van der Waals surface area (Å²) in [5, 5.41) is 27.9. The molecule has 3 heterocycles. The molecule has 3 fully saturated rings. The second-order valence-electron chi connectivity index (χ2n) is 8.32. The van der Waals surface area contributed by atoms with Gasteiger partial charge in [0.25, 0.3) is 0 Å². The average molecular weight is 387 g/mol. The summed E-state index contributed by atoms with van der Waals surface area (Å²) in [6.45, 7) is 6.75.